The molecule has 138 valence electrons. The number of nitrogens with one attached hydrogen (secondary N) is 1. The number of anilines is 1. The van der Waals surface area contributed by atoms with Gasteiger partial charge in [-0.05, 0) is 48.5 Å². The summed E-state index contributed by atoms with van der Waals surface area (Å²) in [4.78, 5) is 13.3. The second-order valence-corrected chi connectivity index (χ2v) is 6.78. The van der Waals surface area contributed by atoms with Crippen LogP contribution < -0.4 is 10.1 Å². The van der Waals surface area contributed by atoms with Crippen LogP contribution in [-0.2, 0) is 0 Å². The molecular formula is C21H17F2NO2S. The van der Waals surface area contributed by atoms with Crippen LogP contribution in [0.1, 0.15) is 10.4 Å². The fourth-order valence-corrected chi connectivity index (χ4v) is 3.08. The Morgan fingerprint density at radius 3 is 2.41 bits per heavy atom. The Hall–Kier alpha value is -2.86. The van der Waals surface area contributed by atoms with Crippen molar-refractivity contribution in [1.82, 2.24) is 0 Å². The van der Waals surface area contributed by atoms with E-state index in [1.54, 1.807) is 36.0 Å². The van der Waals surface area contributed by atoms with Crippen molar-refractivity contribution in [1.29, 1.82) is 0 Å². The summed E-state index contributed by atoms with van der Waals surface area (Å²) in [5.74, 6) is -0.549. The van der Waals surface area contributed by atoms with Gasteiger partial charge in [-0.2, -0.15) is 0 Å². The van der Waals surface area contributed by atoms with Gasteiger partial charge >= 0.3 is 0 Å². The van der Waals surface area contributed by atoms with Crippen LogP contribution in [-0.4, -0.2) is 18.3 Å². The van der Waals surface area contributed by atoms with Crippen LogP contribution in [0.4, 0.5) is 14.5 Å². The van der Waals surface area contributed by atoms with Crippen molar-refractivity contribution in [3.8, 4) is 5.75 Å². The summed E-state index contributed by atoms with van der Waals surface area (Å²) in [6, 6.07) is 19.6. The summed E-state index contributed by atoms with van der Waals surface area (Å²) < 4.78 is 32.2. The van der Waals surface area contributed by atoms with Crippen LogP contribution in [0.3, 0.4) is 0 Å². The molecule has 0 fully saturated rings. The van der Waals surface area contributed by atoms with Crippen LogP contribution >= 0.6 is 11.8 Å². The molecule has 0 heterocycles. The maximum atomic E-state index is 13.6. The van der Waals surface area contributed by atoms with E-state index in [4.69, 9.17) is 4.74 Å². The molecule has 27 heavy (non-hydrogen) atoms. The minimum atomic E-state index is -0.820. The molecule has 6 heteroatoms. The molecule has 1 N–H and O–H groups in total. The number of hydrogen-bond donors (Lipinski definition) is 1. The third-order valence-electron chi connectivity index (χ3n) is 3.66. The molecular weight excluding hydrogens is 368 g/mol. The monoisotopic (exact) mass is 385 g/mol. The predicted molar refractivity (Wildman–Crippen MR) is 103 cm³/mol. The maximum Gasteiger partial charge on any atom is 0.255 e. The molecule has 3 aromatic rings. The molecule has 0 aromatic heterocycles. The molecule has 3 nitrogen and oxygen atoms in total. The smallest absolute Gasteiger partial charge is 0.255 e. The van der Waals surface area contributed by atoms with Crippen molar-refractivity contribution in [3.05, 3.63) is 90.0 Å². The van der Waals surface area contributed by atoms with Crippen molar-refractivity contribution in [2.24, 2.45) is 0 Å². The van der Waals surface area contributed by atoms with Gasteiger partial charge in [-0.15, -0.1) is 11.8 Å². The van der Waals surface area contributed by atoms with Crippen LogP contribution in [0.2, 0.25) is 0 Å². The molecule has 0 atom stereocenters. The minimum Gasteiger partial charge on any atom is -0.493 e. The van der Waals surface area contributed by atoms with E-state index in [2.05, 4.69) is 5.32 Å². The summed E-state index contributed by atoms with van der Waals surface area (Å²) in [7, 11) is 0. The highest BCUT2D eigenvalue weighted by Gasteiger charge is 2.10. The number of carbonyl (C=O) groups is 1. The van der Waals surface area contributed by atoms with Crippen molar-refractivity contribution < 1.29 is 18.3 Å². The molecule has 0 aliphatic rings. The van der Waals surface area contributed by atoms with Gasteiger partial charge < -0.3 is 10.1 Å². The molecule has 3 aromatic carbocycles. The van der Waals surface area contributed by atoms with Gasteiger partial charge in [0, 0.05) is 22.3 Å². The minimum absolute atomic E-state index is 0.0698. The lowest BCUT2D eigenvalue weighted by molar-refractivity contribution is 0.102. The molecule has 0 unspecified atom stereocenters. The normalized spacial score (nSPS) is 10.4. The number of rotatable bonds is 7. The number of ether oxygens (including phenoxy) is 1. The van der Waals surface area contributed by atoms with Crippen molar-refractivity contribution >= 4 is 23.4 Å². The van der Waals surface area contributed by atoms with Crippen LogP contribution in [0, 0.1) is 11.6 Å². The fourth-order valence-electron chi connectivity index (χ4n) is 2.32. The van der Waals surface area contributed by atoms with E-state index in [0.29, 0.717) is 17.9 Å². The van der Waals surface area contributed by atoms with Gasteiger partial charge in [-0.1, -0.05) is 18.2 Å². The Kier molecular flexibility index (Phi) is 6.44. The van der Waals surface area contributed by atoms with Gasteiger partial charge in [0.05, 0.1) is 12.3 Å². The largest absolute Gasteiger partial charge is 0.493 e. The van der Waals surface area contributed by atoms with E-state index < -0.39 is 17.5 Å². The third-order valence-corrected chi connectivity index (χ3v) is 4.64. The average molecular weight is 385 g/mol. The molecule has 0 bridgehead atoms. The molecule has 0 aliphatic carbocycles. The first-order chi connectivity index (χ1) is 13.1. The van der Waals surface area contributed by atoms with E-state index in [-0.39, 0.29) is 5.69 Å². The van der Waals surface area contributed by atoms with Gasteiger partial charge in [-0.25, -0.2) is 8.78 Å². The van der Waals surface area contributed by atoms with E-state index >= 15 is 0 Å². The van der Waals surface area contributed by atoms with Crippen LogP contribution in [0.25, 0.3) is 0 Å². The highest BCUT2D eigenvalue weighted by atomic mass is 32.2. The van der Waals surface area contributed by atoms with E-state index in [1.165, 1.54) is 11.0 Å². The predicted octanol–water partition coefficient (Wildman–Crippen LogP) is 5.39. The molecule has 0 saturated carbocycles. The fraction of sp³-hybridized carbons (Fsp3) is 0.0952. The van der Waals surface area contributed by atoms with Crippen molar-refractivity contribution in [2.75, 3.05) is 17.7 Å². The number of carbonyl (C=O) groups excluding carboxylic acids is 1. The maximum absolute atomic E-state index is 13.6. The lowest BCUT2D eigenvalue weighted by atomic mass is 10.2. The molecule has 3 rings (SSSR count). The summed E-state index contributed by atoms with van der Waals surface area (Å²) >= 11 is 1.70. The second-order valence-electron chi connectivity index (χ2n) is 5.61. The topological polar surface area (TPSA) is 38.3 Å². The molecule has 0 saturated heterocycles. The number of benzene rings is 3. The number of thioether (sulfide) groups is 1. The molecule has 1 amide bonds. The number of amides is 1. The summed E-state index contributed by atoms with van der Waals surface area (Å²) in [6.45, 7) is 0.534. The lowest BCUT2D eigenvalue weighted by Crippen LogP contribution is -2.13. The average Bonchev–Trinajstić information content (AvgIpc) is 2.69. The number of halogens is 2. The van der Waals surface area contributed by atoms with E-state index in [1.807, 2.05) is 30.3 Å². The van der Waals surface area contributed by atoms with Crippen molar-refractivity contribution in [2.45, 2.75) is 4.90 Å². The first-order valence-electron chi connectivity index (χ1n) is 8.29. The van der Waals surface area contributed by atoms with Gasteiger partial charge in [0.15, 0.2) is 0 Å². The van der Waals surface area contributed by atoms with Gasteiger partial charge in [0.25, 0.3) is 5.91 Å². The Balaban J connectivity index is 1.49. The summed E-state index contributed by atoms with van der Waals surface area (Å²) in [6.07, 6.45) is 0. The highest BCUT2D eigenvalue weighted by molar-refractivity contribution is 7.99. The highest BCUT2D eigenvalue weighted by Crippen LogP contribution is 2.19. The molecule has 0 aliphatic heterocycles. The Morgan fingerprint density at radius 1 is 0.963 bits per heavy atom. The first-order valence-corrected chi connectivity index (χ1v) is 9.27. The number of hydrogen-bond acceptors (Lipinski definition) is 3. The zero-order valence-corrected chi connectivity index (χ0v) is 15.1. The van der Waals surface area contributed by atoms with Gasteiger partial charge in [0.1, 0.15) is 17.4 Å². The van der Waals surface area contributed by atoms with E-state index in [0.717, 1.165) is 17.9 Å². The zero-order valence-electron chi connectivity index (χ0n) is 14.3. The van der Waals surface area contributed by atoms with Crippen molar-refractivity contribution in [3.63, 3.8) is 0 Å². The molecule has 0 spiro atoms. The SMILES string of the molecule is O=C(Nc1ccc(F)cc1F)c1ccc(OCCSc2ccccc2)cc1. The third kappa shape index (κ3) is 5.56. The Morgan fingerprint density at radius 2 is 1.70 bits per heavy atom. The quantitative estimate of drug-likeness (QED) is 0.438. The van der Waals surface area contributed by atoms with Gasteiger partial charge in [0.2, 0.25) is 0 Å². The van der Waals surface area contributed by atoms with E-state index in [9.17, 15) is 13.6 Å². The molecule has 0 radical (unpaired) electrons. The Labute approximate surface area is 160 Å². The second kappa shape index (κ2) is 9.19. The summed E-state index contributed by atoms with van der Waals surface area (Å²) in [5.41, 5.74) is 0.282. The first kappa shape index (κ1) is 18.9. The zero-order chi connectivity index (χ0) is 19.1. The Bertz CT molecular complexity index is 902. The summed E-state index contributed by atoms with van der Waals surface area (Å²) in [5, 5.41) is 2.42. The lowest BCUT2D eigenvalue weighted by Gasteiger charge is -2.09. The standard InChI is InChI=1S/C21H17F2NO2S/c22-16-8-11-20(19(23)14-16)24-21(25)15-6-9-17(10-7-15)26-12-13-27-18-4-2-1-3-5-18/h1-11,14H,12-13H2,(H,24,25). The van der Waals surface area contributed by atoms with Crippen LogP contribution in [0.15, 0.2) is 77.7 Å². The van der Waals surface area contributed by atoms with Gasteiger partial charge in [-0.3, -0.25) is 4.79 Å². The van der Waals surface area contributed by atoms with Crippen LogP contribution in [0.5, 0.6) is 5.75 Å².